The van der Waals surface area contributed by atoms with Gasteiger partial charge in [0.2, 0.25) is 5.76 Å². The zero-order chi connectivity index (χ0) is 26.9. The number of amides is 1. The summed E-state index contributed by atoms with van der Waals surface area (Å²) >= 11 is 1.14. The van der Waals surface area contributed by atoms with Gasteiger partial charge >= 0.3 is 5.97 Å². The SMILES string of the molecule is CCCOCCc1cccc(-c2csc(NC(=O)c3cc(F)c(/C=C(\OC)C(=O)O)c(F)c3)n2)c1OC. The molecule has 3 aromatic rings. The van der Waals surface area contributed by atoms with Gasteiger partial charge in [-0.3, -0.25) is 10.1 Å². The van der Waals surface area contributed by atoms with E-state index in [1.54, 1.807) is 12.5 Å². The number of rotatable bonds is 12. The van der Waals surface area contributed by atoms with Crippen molar-refractivity contribution in [2.75, 3.05) is 32.8 Å². The molecule has 0 atom stereocenters. The van der Waals surface area contributed by atoms with Crippen molar-refractivity contribution < 1.29 is 37.7 Å². The van der Waals surface area contributed by atoms with Gasteiger partial charge in [0.05, 0.1) is 26.5 Å². The van der Waals surface area contributed by atoms with Crippen molar-refractivity contribution in [2.24, 2.45) is 0 Å². The lowest BCUT2D eigenvalue weighted by Crippen LogP contribution is -2.13. The van der Waals surface area contributed by atoms with Gasteiger partial charge in [-0.1, -0.05) is 19.1 Å². The summed E-state index contributed by atoms with van der Waals surface area (Å²) in [6, 6.07) is 7.28. The molecule has 3 rings (SSSR count). The number of halogens is 2. The van der Waals surface area contributed by atoms with Crippen LogP contribution >= 0.6 is 11.3 Å². The number of hydrogen-bond donors (Lipinski definition) is 2. The van der Waals surface area contributed by atoms with Crippen LogP contribution in [0.15, 0.2) is 41.5 Å². The third kappa shape index (κ3) is 6.89. The zero-order valence-corrected chi connectivity index (χ0v) is 21.3. The van der Waals surface area contributed by atoms with Gasteiger partial charge in [0.15, 0.2) is 5.13 Å². The molecular weight excluding hydrogens is 506 g/mol. The minimum atomic E-state index is -1.49. The Morgan fingerprint density at radius 1 is 1.16 bits per heavy atom. The molecule has 0 unspecified atom stereocenters. The number of methoxy groups -OCH3 is 2. The van der Waals surface area contributed by atoms with Crippen LogP contribution in [0.5, 0.6) is 5.75 Å². The number of carbonyl (C=O) groups is 2. The number of hydrogen-bond acceptors (Lipinski definition) is 7. The molecule has 0 saturated heterocycles. The lowest BCUT2D eigenvalue weighted by molar-refractivity contribution is -0.135. The predicted molar refractivity (Wildman–Crippen MR) is 136 cm³/mol. The summed E-state index contributed by atoms with van der Waals surface area (Å²) in [7, 11) is 2.63. The summed E-state index contributed by atoms with van der Waals surface area (Å²) in [6.07, 6.45) is 2.30. The Hall–Kier alpha value is -3.83. The molecule has 2 aromatic carbocycles. The number of benzene rings is 2. The van der Waals surface area contributed by atoms with Crippen molar-refractivity contribution in [3.05, 3.63) is 69.8 Å². The number of carboxylic acid groups (broad SMARTS) is 1. The van der Waals surface area contributed by atoms with E-state index in [1.165, 1.54) is 0 Å². The highest BCUT2D eigenvalue weighted by Gasteiger charge is 2.19. The van der Waals surface area contributed by atoms with E-state index in [-0.39, 0.29) is 10.7 Å². The first kappa shape index (κ1) is 27.8. The lowest BCUT2D eigenvalue weighted by Gasteiger charge is -2.12. The Morgan fingerprint density at radius 3 is 2.51 bits per heavy atom. The van der Waals surface area contributed by atoms with Crippen LogP contribution in [-0.4, -0.2) is 49.4 Å². The number of thiazole rings is 1. The highest BCUT2D eigenvalue weighted by atomic mass is 32.1. The minimum absolute atomic E-state index is 0.219. The summed E-state index contributed by atoms with van der Waals surface area (Å²) in [6.45, 7) is 3.27. The van der Waals surface area contributed by atoms with E-state index in [1.807, 2.05) is 25.1 Å². The smallest absolute Gasteiger partial charge is 0.371 e. The topological polar surface area (TPSA) is 107 Å². The van der Waals surface area contributed by atoms with E-state index in [0.29, 0.717) is 37.2 Å². The first-order valence-electron chi connectivity index (χ1n) is 11.3. The average Bonchev–Trinajstić information content (AvgIpc) is 3.34. The zero-order valence-electron chi connectivity index (χ0n) is 20.5. The van der Waals surface area contributed by atoms with Gasteiger partial charge in [0, 0.05) is 34.8 Å². The monoisotopic (exact) mass is 532 g/mol. The lowest BCUT2D eigenvalue weighted by atomic mass is 10.0. The van der Waals surface area contributed by atoms with Crippen LogP contribution in [0, 0.1) is 11.6 Å². The molecule has 1 aromatic heterocycles. The van der Waals surface area contributed by atoms with Gasteiger partial charge < -0.3 is 19.3 Å². The van der Waals surface area contributed by atoms with Crippen molar-refractivity contribution >= 4 is 34.4 Å². The number of carbonyl (C=O) groups excluding carboxylic acids is 1. The summed E-state index contributed by atoms with van der Waals surface area (Å²) in [5.41, 5.74) is 1.30. The molecule has 0 spiro atoms. The van der Waals surface area contributed by atoms with E-state index in [2.05, 4.69) is 15.0 Å². The molecule has 0 saturated carbocycles. The summed E-state index contributed by atoms with van der Waals surface area (Å²) in [4.78, 5) is 28.1. The molecule has 0 aliphatic heterocycles. The van der Waals surface area contributed by atoms with E-state index in [4.69, 9.17) is 14.6 Å². The third-order valence-corrected chi connectivity index (χ3v) is 5.97. The normalized spacial score (nSPS) is 11.3. The van der Waals surface area contributed by atoms with Crippen LogP contribution < -0.4 is 10.1 Å². The van der Waals surface area contributed by atoms with Gasteiger partial charge in [-0.05, 0) is 36.6 Å². The molecule has 196 valence electrons. The Morgan fingerprint density at radius 2 is 1.89 bits per heavy atom. The largest absolute Gasteiger partial charge is 0.496 e. The number of carboxylic acids is 1. The van der Waals surface area contributed by atoms with Gasteiger partial charge in [0.25, 0.3) is 5.91 Å². The van der Waals surface area contributed by atoms with Crippen molar-refractivity contribution in [1.82, 2.24) is 4.98 Å². The highest BCUT2D eigenvalue weighted by molar-refractivity contribution is 7.14. The quantitative estimate of drug-likeness (QED) is 0.183. The Bertz CT molecular complexity index is 1280. The molecular formula is C26H26F2N2O6S. The van der Waals surface area contributed by atoms with Crippen molar-refractivity contribution in [1.29, 1.82) is 0 Å². The standard InChI is InChI=1S/C26H26F2N2O6S/c1-4-9-36-10-8-15-6-5-7-17(23(15)35-3)21-14-37-26(29-21)30-24(31)16-11-19(27)18(20(28)12-16)13-22(34-2)25(32)33/h5-7,11-14H,4,8-10H2,1-3H3,(H,32,33)(H,29,30,31)/b22-13-. The molecule has 0 fully saturated rings. The van der Waals surface area contributed by atoms with Crippen LogP contribution in [0.3, 0.4) is 0 Å². The molecule has 1 heterocycles. The fraction of sp³-hybridized carbons (Fsp3) is 0.269. The first-order valence-corrected chi connectivity index (χ1v) is 12.2. The number of anilines is 1. The number of nitrogens with zero attached hydrogens (tertiary/aromatic N) is 1. The second-order valence-corrected chi connectivity index (χ2v) is 8.58. The van der Waals surface area contributed by atoms with Crippen molar-refractivity contribution in [3.8, 4) is 17.0 Å². The van der Waals surface area contributed by atoms with E-state index in [0.717, 1.165) is 48.1 Å². The highest BCUT2D eigenvalue weighted by Crippen LogP contribution is 2.35. The van der Waals surface area contributed by atoms with E-state index in [9.17, 15) is 18.4 Å². The molecule has 0 radical (unpaired) electrons. The predicted octanol–water partition coefficient (Wildman–Crippen LogP) is 5.39. The number of aliphatic carboxylic acids is 1. The summed E-state index contributed by atoms with van der Waals surface area (Å²) in [5.74, 6) is -4.52. The third-order valence-electron chi connectivity index (χ3n) is 5.21. The Kier molecular flexibility index (Phi) is 9.70. The fourth-order valence-electron chi connectivity index (χ4n) is 3.47. The van der Waals surface area contributed by atoms with Crippen LogP contribution in [0.25, 0.3) is 17.3 Å². The Labute approximate surface area is 216 Å². The first-order chi connectivity index (χ1) is 17.8. The minimum Gasteiger partial charge on any atom is -0.496 e. The maximum absolute atomic E-state index is 14.5. The van der Waals surface area contributed by atoms with Crippen LogP contribution in [0.1, 0.15) is 34.8 Å². The fourth-order valence-corrected chi connectivity index (χ4v) is 4.18. The molecule has 1 amide bonds. The summed E-state index contributed by atoms with van der Waals surface area (Å²) < 4.78 is 44.8. The number of aromatic nitrogens is 1. The van der Waals surface area contributed by atoms with Gasteiger partial charge in [-0.15, -0.1) is 11.3 Å². The molecule has 0 bridgehead atoms. The van der Waals surface area contributed by atoms with E-state index >= 15 is 0 Å². The van der Waals surface area contributed by atoms with Gasteiger partial charge in [-0.25, -0.2) is 18.6 Å². The molecule has 11 heteroatoms. The molecule has 0 aliphatic rings. The number of ether oxygens (including phenoxy) is 3. The van der Waals surface area contributed by atoms with Crippen molar-refractivity contribution in [2.45, 2.75) is 19.8 Å². The average molecular weight is 533 g/mol. The molecule has 37 heavy (non-hydrogen) atoms. The van der Waals surface area contributed by atoms with Crippen LogP contribution in [0.2, 0.25) is 0 Å². The maximum atomic E-state index is 14.5. The van der Waals surface area contributed by atoms with E-state index < -0.39 is 34.8 Å². The van der Waals surface area contributed by atoms with Crippen LogP contribution in [-0.2, 0) is 20.7 Å². The molecule has 2 N–H and O–H groups in total. The number of nitrogens with one attached hydrogen (secondary N) is 1. The summed E-state index contributed by atoms with van der Waals surface area (Å²) in [5, 5.41) is 13.5. The Balaban J connectivity index is 1.79. The second-order valence-electron chi connectivity index (χ2n) is 7.72. The molecule has 8 nitrogen and oxygen atoms in total. The van der Waals surface area contributed by atoms with Gasteiger partial charge in [0.1, 0.15) is 17.4 Å². The van der Waals surface area contributed by atoms with Crippen molar-refractivity contribution in [3.63, 3.8) is 0 Å². The number of para-hydroxylation sites is 1. The maximum Gasteiger partial charge on any atom is 0.371 e. The second kappa shape index (κ2) is 12.9. The van der Waals surface area contributed by atoms with Crippen LogP contribution in [0.4, 0.5) is 13.9 Å². The molecule has 0 aliphatic carbocycles. The van der Waals surface area contributed by atoms with Gasteiger partial charge in [-0.2, -0.15) is 0 Å².